The van der Waals surface area contributed by atoms with Crippen molar-refractivity contribution in [3.8, 4) is 0 Å². The Balaban J connectivity index is 1.66. The summed E-state index contributed by atoms with van der Waals surface area (Å²) < 4.78 is 16.2. The second kappa shape index (κ2) is 8.82. The summed E-state index contributed by atoms with van der Waals surface area (Å²) in [5, 5.41) is 11.4. The zero-order valence-corrected chi connectivity index (χ0v) is 17.6. The first-order chi connectivity index (χ1) is 13.0. The molecule has 2 N–H and O–H groups in total. The van der Waals surface area contributed by atoms with Crippen LogP contribution in [0.2, 0.25) is 0 Å². The molecule has 0 aliphatic carbocycles. The number of hydrogen-bond donors (Lipinski definition) is 2. The lowest BCUT2D eigenvalue weighted by Gasteiger charge is -2.25. The van der Waals surface area contributed by atoms with Gasteiger partial charge in [0.25, 0.3) is 0 Å². The third-order valence-corrected chi connectivity index (χ3v) is 5.12. The summed E-state index contributed by atoms with van der Waals surface area (Å²) >= 11 is 3.17. The molecule has 0 fully saturated rings. The molecular formula is C19H26BrFN6. The highest BCUT2D eigenvalue weighted by Crippen LogP contribution is 2.18. The van der Waals surface area contributed by atoms with Gasteiger partial charge in [0.1, 0.15) is 11.6 Å². The van der Waals surface area contributed by atoms with E-state index in [4.69, 9.17) is 0 Å². The van der Waals surface area contributed by atoms with Crippen molar-refractivity contribution in [2.24, 2.45) is 4.99 Å². The Labute approximate surface area is 167 Å². The Morgan fingerprint density at radius 1 is 1.44 bits per heavy atom. The number of benzene rings is 1. The van der Waals surface area contributed by atoms with Gasteiger partial charge in [0.05, 0.1) is 17.6 Å². The van der Waals surface area contributed by atoms with Crippen molar-refractivity contribution in [2.45, 2.75) is 58.7 Å². The van der Waals surface area contributed by atoms with E-state index >= 15 is 0 Å². The number of aryl methyl sites for hydroxylation is 1. The summed E-state index contributed by atoms with van der Waals surface area (Å²) in [7, 11) is 0. The molecule has 146 valence electrons. The van der Waals surface area contributed by atoms with Gasteiger partial charge in [-0.25, -0.2) is 19.0 Å². The van der Waals surface area contributed by atoms with Gasteiger partial charge in [0.15, 0.2) is 11.8 Å². The molecule has 0 bridgehead atoms. The number of nitrogens with one attached hydrogen (secondary N) is 2. The van der Waals surface area contributed by atoms with E-state index in [-0.39, 0.29) is 11.9 Å². The molecule has 1 aromatic heterocycles. The van der Waals surface area contributed by atoms with Gasteiger partial charge in [-0.1, -0.05) is 19.9 Å². The van der Waals surface area contributed by atoms with E-state index in [2.05, 4.69) is 55.5 Å². The van der Waals surface area contributed by atoms with E-state index < -0.39 is 0 Å². The Morgan fingerprint density at radius 3 is 2.96 bits per heavy atom. The van der Waals surface area contributed by atoms with Gasteiger partial charge in [0, 0.05) is 24.9 Å². The smallest absolute Gasteiger partial charge is 0.191 e. The lowest BCUT2D eigenvalue weighted by Crippen LogP contribution is -2.47. The van der Waals surface area contributed by atoms with Gasteiger partial charge in [-0.15, -0.1) is 0 Å². The lowest BCUT2D eigenvalue weighted by atomic mass is 10.1. The molecule has 1 unspecified atom stereocenters. The van der Waals surface area contributed by atoms with Crippen molar-refractivity contribution >= 4 is 21.9 Å². The normalized spacial score (nSPS) is 17.1. The number of halogens is 2. The third kappa shape index (κ3) is 5.06. The van der Waals surface area contributed by atoms with E-state index in [1.807, 2.05) is 17.7 Å². The fourth-order valence-electron chi connectivity index (χ4n) is 3.01. The highest BCUT2D eigenvalue weighted by atomic mass is 79.9. The minimum atomic E-state index is -0.271. The summed E-state index contributed by atoms with van der Waals surface area (Å²) in [5.74, 6) is 2.76. The van der Waals surface area contributed by atoms with Gasteiger partial charge in [-0.2, -0.15) is 5.10 Å². The summed E-state index contributed by atoms with van der Waals surface area (Å²) in [5.41, 5.74) is 0.830. The standard InChI is InChI=1S/C19H26BrFN6/c1-4-22-19(23-10-13-5-7-15(20)16(21)9-13)24-14-6-8-17-25-18(12(2)3)26-27(17)11-14/h5,7,9,12,14H,4,6,8,10-11H2,1-3H3,(H2,22,23,24). The molecule has 6 nitrogen and oxygen atoms in total. The summed E-state index contributed by atoms with van der Waals surface area (Å²) in [6.07, 6.45) is 1.88. The van der Waals surface area contributed by atoms with E-state index in [1.54, 1.807) is 6.07 Å². The molecule has 1 atom stereocenters. The first kappa shape index (κ1) is 19.8. The fourth-order valence-corrected chi connectivity index (χ4v) is 3.26. The van der Waals surface area contributed by atoms with Crippen LogP contribution in [-0.2, 0) is 19.5 Å². The van der Waals surface area contributed by atoms with E-state index in [0.29, 0.717) is 16.9 Å². The Hall–Kier alpha value is -1.96. The minimum absolute atomic E-state index is 0.235. The van der Waals surface area contributed by atoms with Crippen LogP contribution >= 0.6 is 15.9 Å². The zero-order chi connectivity index (χ0) is 19.4. The SMILES string of the molecule is CCNC(=NCc1ccc(Br)c(F)c1)NC1CCc2nc(C(C)C)nn2C1. The molecule has 8 heteroatoms. The molecule has 27 heavy (non-hydrogen) atoms. The molecule has 0 radical (unpaired) electrons. The summed E-state index contributed by atoms with van der Waals surface area (Å²) in [6, 6.07) is 5.32. The number of fused-ring (bicyclic) bond motifs is 1. The molecule has 2 heterocycles. The molecular weight excluding hydrogens is 411 g/mol. The van der Waals surface area contributed by atoms with Crippen molar-refractivity contribution in [1.82, 2.24) is 25.4 Å². The number of guanidine groups is 1. The molecule has 1 aliphatic rings. The molecule has 1 aliphatic heterocycles. The summed E-state index contributed by atoms with van der Waals surface area (Å²) in [4.78, 5) is 9.24. The van der Waals surface area contributed by atoms with E-state index in [9.17, 15) is 4.39 Å². The fraction of sp³-hybridized carbons (Fsp3) is 0.526. The van der Waals surface area contributed by atoms with Crippen molar-refractivity contribution in [3.05, 3.63) is 45.7 Å². The Kier molecular flexibility index (Phi) is 6.46. The Morgan fingerprint density at radius 2 is 2.26 bits per heavy atom. The van der Waals surface area contributed by atoms with Crippen molar-refractivity contribution in [3.63, 3.8) is 0 Å². The van der Waals surface area contributed by atoms with Crippen LogP contribution in [0.15, 0.2) is 27.7 Å². The monoisotopic (exact) mass is 436 g/mol. The average Bonchev–Trinajstić information content (AvgIpc) is 3.06. The third-order valence-electron chi connectivity index (χ3n) is 4.48. The van der Waals surface area contributed by atoms with Crippen LogP contribution in [0.4, 0.5) is 4.39 Å². The summed E-state index contributed by atoms with van der Waals surface area (Å²) in [6.45, 7) is 8.20. The molecule has 0 spiro atoms. The van der Waals surface area contributed by atoms with Crippen LogP contribution in [0.3, 0.4) is 0 Å². The first-order valence-corrected chi connectivity index (χ1v) is 10.2. The van der Waals surface area contributed by atoms with E-state index in [1.165, 1.54) is 6.07 Å². The topological polar surface area (TPSA) is 67.1 Å². The van der Waals surface area contributed by atoms with Crippen LogP contribution in [0.5, 0.6) is 0 Å². The van der Waals surface area contributed by atoms with Crippen LogP contribution in [0, 0.1) is 5.82 Å². The van der Waals surface area contributed by atoms with Crippen LogP contribution < -0.4 is 10.6 Å². The quantitative estimate of drug-likeness (QED) is 0.556. The lowest BCUT2D eigenvalue weighted by molar-refractivity contribution is 0.391. The number of aliphatic imine (C=N–C) groups is 1. The highest BCUT2D eigenvalue weighted by Gasteiger charge is 2.23. The molecule has 0 amide bonds. The van der Waals surface area contributed by atoms with Crippen molar-refractivity contribution in [2.75, 3.05) is 6.54 Å². The molecule has 3 rings (SSSR count). The molecule has 1 aromatic carbocycles. The van der Waals surface area contributed by atoms with Crippen LogP contribution in [0.25, 0.3) is 0 Å². The number of rotatable bonds is 5. The second-order valence-electron chi connectivity index (χ2n) is 7.05. The van der Waals surface area contributed by atoms with Crippen LogP contribution in [0.1, 0.15) is 50.3 Å². The van der Waals surface area contributed by atoms with Gasteiger partial charge < -0.3 is 10.6 Å². The predicted molar refractivity (Wildman–Crippen MR) is 108 cm³/mol. The second-order valence-corrected chi connectivity index (χ2v) is 7.90. The van der Waals surface area contributed by atoms with Crippen molar-refractivity contribution < 1.29 is 4.39 Å². The van der Waals surface area contributed by atoms with E-state index in [0.717, 1.165) is 49.1 Å². The number of nitrogens with zero attached hydrogens (tertiary/aromatic N) is 4. The zero-order valence-electron chi connectivity index (χ0n) is 16.0. The number of hydrogen-bond acceptors (Lipinski definition) is 3. The van der Waals surface area contributed by atoms with Crippen molar-refractivity contribution in [1.29, 1.82) is 0 Å². The average molecular weight is 437 g/mol. The molecule has 0 saturated carbocycles. The maximum atomic E-state index is 13.7. The largest absolute Gasteiger partial charge is 0.357 e. The minimum Gasteiger partial charge on any atom is -0.357 e. The van der Waals surface area contributed by atoms with Gasteiger partial charge in [-0.05, 0) is 47.0 Å². The maximum Gasteiger partial charge on any atom is 0.191 e. The Bertz CT molecular complexity index is 817. The first-order valence-electron chi connectivity index (χ1n) is 9.38. The molecule has 2 aromatic rings. The highest BCUT2D eigenvalue weighted by molar-refractivity contribution is 9.10. The number of aromatic nitrogens is 3. The molecule has 0 saturated heterocycles. The predicted octanol–water partition coefficient (Wildman–Crippen LogP) is 3.37. The maximum absolute atomic E-state index is 13.7. The van der Waals surface area contributed by atoms with Crippen LogP contribution in [-0.4, -0.2) is 33.3 Å². The van der Waals surface area contributed by atoms with Gasteiger partial charge in [0.2, 0.25) is 0 Å². The van der Waals surface area contributed by atoms with Gasteiger partial charge >= 0.3 is 0 Å². The van der Waals surface area contributed by atoms with Gasteiger partial charge in [-0.3, -0.25) is 0 Å².